The lowest BCUT2D eigenvalue weighted by Gasteiger charge is -2.01. The Morgan fingerprint density at radius 2 is 2.25 bits per heavy atom. The summed E-state index contributed by atoms with van der Waals surface area (Å²) in [5.74, 6) is -0.127. The molecule has 0 bridgehead atoms. The number of nitrogens with one attached hydrogen (secondary N) is 2. The van der Waals surface area contributed by atoms with Gasteiger partial charge >= 0.3 is 0 Å². The average Bonchev–Trinajstić information content (AvgIpc) is 3.03. The molecular formula is C15H15N3OS. The number of fused-ring (bicyclic) bond motifs is 1. The maximum absolute atomic E-state index is 12.2. The minimum Gasteiger partial charge on any atom is -0.361 e. The number of carbonyl (C=O) groups is 1. The molecule has 0 saturated heterocycles. The van der Waals surface area contributed by atoms with Crippen molar-refractivity contribution in [2.45, 2.75) is 20.3 Å². The van der Waals surface area contributed by atoms with Crippen LogP contribution >= 0.6 is 11.3 Å². The van der Waals surface area contributed by atoms with E-state index in [9.17, 15) is 4.79 Å². The molecule has 0 aliphatic heterocycles. The Morgan fingerprint density at radius 3 is 3.00 bits per heavy atom. The number of benzene rings is 1. The molecule has 2 aromatic heterocycles. The molecule has 1 aromatic carbocycles. The van der Waals surface area contributed by atoms with Crippen LogP contribution in [0.15, 0.2) is 30.5 Å². The topological polar surface area (TPSA) is 57.8 Å². The number of aryl methyl sites for hydroxylation is 2. The molecule has 0 spiro atoms. The maximum Gasteiger partial charge on any atom is 0.257 e. The number of hydrogen-bond donors (Lipinski definition) is 2. The zero-order valence-corrected chi connectivity index (χ0v) is 12.2. The fraction of sp³-hybridized carbons (Fsp3) is 0.200. The fourth-order valence-electron chi connectivity index (χ4n) is 2.17. The molecule has 20 heavy (non-hydrogen) atoms. The van der Waals surface area contributed by atoms with E-state index in [2.05, 4.69) is 22.2 Å². The van der Waals surface area contributed by atoms with Crippen LogP contribution in [0.1, 0.15) is 27.9 Å². The molecule has 2 heterocycles. The molecule has 0 fully saturated rings. The Balaban J connectivity index is 1.84. The number of aromatic amines is 1. The predicted octanol–water partition coefficient (Wildman–Crippen LogP) is 3.75. The van der Waals surface area contributed by atoms with Crippen LogP contribution in [0.4, 0.5) is 5.13 Å². The third-order valence-electron chi connectivity index (χ3n) is 3.27. The highest BCUT2D eigenvalue weighted by Crippen LogP contribution is 2.23. The summed E-state index contributed by atoms with van der Waals surface area (Å²) in [7, 11) is 0. The van der Waals surface area contributed by atoms with Crippen LogP contribution < -0.4 is 5.32 Å². The number of rotatable bonds is 3. The molecular weight excluding hydrogens is 270 g/mol. The second kappa shape index (κ2) is 5.09. The van der Waals surface area contributed by atoms with E-state index in [1.54, 1.807) is 0 Å². The second-order valence-electron chi connectivity index (χ2n) is 4.61. The Bertz CT molecular complexity index is 772. The summed E-state index contributed by atoms with van der Waals surface area (Å²) in [5, 5.41) is 4.63. The normalized spacial score (nSPS) is 10.9. The van der Waals surface area contributed by atoms with E-state index >= 15 is 0 Å². The monoisotopic (exact) mass is 285 g/mol. The van der Waals surface area contributed by atoms with Crippen molar-refractivity contribution in [3.8, 4) is 0 Å². The molecule has 3 aromatic rings. The summed E-state index contributed by atoms with van der Waals surface area (Å²) < 4.78 is 0. The Labute approximate surface area is 120 Å². The fourth-order valence-corrected chi connectivity index (χ4v) is 3.07. The highest BCUT2D eigenvalue weighted by molar-refractivity contribution is 7.15. The predicted molar refractivity (Wildman–Crippen MR) is 82.5 cm³/mol. The van der Waals surface area contributed by atoms with Gasteiger partial charge in [-0.15, -0.1) is 11.3 Å². The van der Waals surface area contributed by atoms with Crippen molar-refractivity contribution in [1.29, 1.82) is 0 Å². The van der Waals surface area contributed by atoms with Gasteiger partial charge in [0.2, 0.25) is 0 Å². The summed E-state index contributed by atoms with van der Waals surface area (Å²) in [4.78, 5) is 20.9. The lowest BCUT2D eigenvalue weighted by atomic mass is 10.1. The van der Waals surface area contributed by atoms with Gasteiger partial charge in [0.05, 0.1) is 5.69 Å². The molecule has 5 heteroatoms. The summed E-state index contributed by atoms with van der Waals surface area (Å²) in [6, 6.07) is 7.60. The van der Waals surface area contributed by atoms with Crippen LogP contribution in [-0.4, -0.2) is 15.9 Å². The van der Waals surface area contributed by atoms with Crippen LogP contribution in [0.3, 0.4) is 0 Å². The lowest BCUT2D eigenvalue weighted by molar-refractivity contribution is 0.102. The van der Waals surface area contributed by atoms with Crippen molar-refractivity contribution < 1.29 is 4.79 Å². The van der Waals surface area contributed by atoms with Crippen LogP contribution in [0, 0.1) is 6.92 Å². The van der Waals surface area contributed by atoms with Gasteiger partial charge in [0.15, 0.2) is 5.13 Å². The number of H-pyrrole nitrogens is 1. The van der Waals surface area contributed by atoms with Crippen molar-refractivity contribution in [2.24, 2.45) is 0 Å². The lowest BCUT2D eigenvalue weighted by Crippen LogP contribution is -2.11. The number of nitrogens with zero attached hydrogens (tertiary/aromatic N) is 1. The number of anilines is 1. The largest absolute Gasteiger partial charge is 0.361 e. The Morgan fingerprint density at radius 1 is 1.40 bits per heavy atom. The van der Waals surface area contributed by atoms with Gasteiger partial charge in [-0.2, -0.15) is 0 Å². The van der Waals surface area contributed by atoms with Crippen LogP contribution in [0.25, 0.3) is 10.9 Å². The second-order valence-corrected chi connectivity index (χ2v) is 5.81. The smallest absolute Gasteiger partial charge is 0.257 e. The van der Waals surface area contributed by atoms with Gasteiger partial charge in [-0.05, 0) is 36.9 Å². The molecule has 1 amide bonds. The molecule has 0 aliphatic carbocycles. The van der Waals surface area contributed by atoms with Crippen molar-refractivity contribution >= 4 is 33.3 Å². The van der Waals surface area contributed by atoms with Crippen molar-refractivity contribution in [1.82, 2.24) is 9.97 Å². The van der Waals surface area contributed by atoms with E-state index in [1.165, 1.54) is 11.3 Å². The van der Waals surface area contributed by atoms with Gasteiger partial charge in [0, 0.05) is 22.2 Å². The Hall–Kier alpha value is -2.14. The van der Waals surface area contributed by atoms with Gasteiger partial charge in [-0.25, -0.2) is 4.98 Å². The summed E-state index contributed by atoms with van der Waals surface area (Å²) in [6.45, 7) is 4.09. The number of thiazole rings is 1. The SMILES string of the molecule is CCc1nc(NC(=O)c2ccc3cc[nH]c3c2)sc1C. The molecule has 102 valence electrons. The number of hydrogen-bond acceptors (Lipinski definition) is 3. The third kappa shape index (κ3) is 2.32. The number of aromatic nitrogens is 2. The standard InChI is InChI=1S/C15H15N3OS/c1-3-12-9(2)20-15(17-12)18-14(19)11-5-4-10-6-7-16-13(10)8-11/h4-8,16H,3H2,1-2H3,(H,17,18,19). The first-order valence-corrected chi connectivity index (χ1v) is 7.34. The highest BCUT2D eigenvalue weighted by Gasteiger charge is 2.11. The molecule has 4 nitrogen and oxygen atoms in total. The minimum absolute atomic E-state index is 0.127. The van der Waals surface area contributed by atoms with Gasteiger partial charge in [-0.3, -0.25) is 10.1 Å². The van der Waals surface area contributed by atoms with Gasteiger partial charge < -0.3 is 4.98 Å². The summed E-state index contributed by atoms with van der Waals surface area (Å²) in [5.41, 5.74) is 2.64. The number of amides is 1. The molecule has 3 rings (SSSR count). The Kier molecular flexibility index (Phi) is 3.28. The highest BCUT2D eigenvalue weighted by atomic mass is 32.1. The summed E-state index contributed by atoms with van der Waals surface area (Å²) in [6.07, 6.45) is 2.75. The van der Waals surface area contributed by atoms with E-state index in [0.717, 1.165) is 27.9 Å². The molecule has 0 saturated carbocycles. The van der Waals surface area contributed by atoms with Gasteiger partial charge in [0.25, 0.3) is 5.91 Å². The van der Waals surface area contributed by atoms with Crippen molar-refractivity contribution in [3.63, 3.8) is 0 Å². The van der Waals surface area contributed by atoms with Crippen molar-refractivity contribution in [3.05, 3.63) is 46.6 Å². The first-order chi connectivity index (χ1) is 9.67. The molecule has 0 radical (unpaired) electrons. The van der Waals surface area contributed by atoms with Crippen LogP contribution in [-0.2, 0) is 6.42 Å². The molecule has 0 aliphatic rings. The van der Waals surface area contributed by atoms with E-state index in [1.807, 2.05) is 37.4 Å². The van der Waals surface area contributed by atoms with Crippen LogP contribution in [0.5, 0.6) is 0 Å². The van der Waals surface area contributed by atoms with E-state index in [4.69, 9.17) is 0 Å². The first-order valence-electron chi connectivity index (χ1n) is 6.52. The van der Waals surface area contributed by atoms with E-state index in [0.29, 0.717) is 10.7 Å². The summed E-state index contributed by atoms with van der Waals surface area (Å²) >= 11 is 1.52. The molecule has 0 unspecified atom stereocenters. The first kappa shape index (κ1) is 12.9. The maximum atomic E-state index is 12.2. The molecule has 2 N–H and O–H groups in total. The third-order valence-corrected chi connectivity index (χ3v) is 4.19. The van der Waals surface area contributed by atoms with E-state index in [-0.39, 0.29) is 5.91 Å². The van der Waals surface area contributed by atoms with Crippen molar-refractivity contribution in [2.75, 3.05) is 5.32 Å². The number of carbonyl (C=O) groups excluding carboxylic acids is 1. The van der Waals surface area contributed by atoms with E-state index < -0.39 is 0 Å². The van der Waals surface area contributed by atoms with Gasteiger partial charge in [-0.1, -0.05) is 13.0 Å². The quantitative estimate of drug-likeness (QED) is 0.770. The minimum atomic E-state index is -0.127. The zero-order chi connectivity index (χ0) is 14.1. The van der Waals surface area contributed by atoms with Gasteiger partial charge in [0.1, 0.15) is 0 Å². The molecule has 0 atom stereocenters. The van der Waals surface area contributed by atoms with Crippen LogP contribution in [0.2, 0.25) is 0 Å². The average molecular weight is 285 g/mol. The zero-order valence-electron chi connectivity index (χ0n) is 11.4.